The van der Waals surface area contributed by atoms with Crippen LogP contribution in [0.25, 0.3) is 0 Å². The number of methoxy groups -OCH3 is 1. The van der Waals surface area contributed by atoms with Gasteiger partial charge in [0, 0.05) is 30.0 Å². The lowest BCUT2D eigenvalue weighted by Gasteiger charge is -2.25. The van der Waals surface area contributed by atoms with Crippen molar-refractivity contribution in [3.63, 3.8) is 0 Å². The van der Waals surface area contributed by atoms with Crippen molar-refractivity contribution in [3.8, 4) is 11.8 Å². The molecule has 0 heterocycles. The molecular weight excluding hydrogens is 262 g/mol. The Bertz CT molecular complexity index is 674. The molecule has 0 spiro atoms. The van der Waals surface area contributed by atoms with Gasteiger partial charge in [-0.25, -0.2) is 0 Å². The second kappa shape index (κ2) is 6.29. The molecule has 4 nitrogen and oxygen atoms in total. The van der Waals surface area contributed by atoms with Gasteiger partial charge in [-0.15, -0.1) is 0 Å². The highest BCUT2D eigenvalue weighted by molar-refractivity contribution is 5.70. The lowest BCUT2D eigenvalue weighted by atomic mass is 10.0. The normalized spacial score (nSPS) is 11.6. The van der Waals surface area contributed by atoms with Gasteiger partial charge in [-0.1, -0.05) is 12.1 Å². The van der Waals surface area contributed by atoms with Crippen molar-refractivity contribution in [2.24, 2.45) is 5.73 Å². The minimum absolute atomic E-state index is 0.155. The van der Waals surface area contributed by atoms with Crippen LogP contribution in [0, 0.1) is 11.3 Å². The molecular formula is C17H19N3O. The first-order valence-electron chi connectivity index (χ1n) is 6.75. The minimum atomic E-state index is -0.155. The number of nitrogens with two attached hydrogens (primary N) is 1. The maximum absolute atomic E-state index is 9.03. The Morgan fingerprint density at radius 1 is 1.24 bits per heavy atom. The molecule has 0 radical (unpaired) electrons. The Labute approximate surface area is 125 Å². The van der Waals surface area contributed by atoms with Crippen LogP contribution in [0.3, 0.4) is 0 Å². The predicted molar refractivity (Wildman–Crippen MR) is 84.8 cm³/mol. The van der Waals surface area contributed by atoms with E-state index >= 15 is 0 Å². The molecule has 0 saturated carbocycles. The third-order valence-corrected chi connectivity index (χ3v) is 3.44. The Hall–Kier alpha value is -2.51. The van der Waals surface area contributed by atoms with Crippen molar-refractivity contribution in [2.75, 3.05) is 19.1 Å². The van der Waals surface area contributed by atoms with E-state index in [0.717, 1.165) is 22.7 Å². The molecule has 0 aliphatic carbocycles. The van der Waals surface area contributed by atoms with E-state index in [9.17, 15) is 0 Å². The third-order valence-electron chi connectivity index (χ3n) is 3.44. The van der Waals surface area contributed by atoms with E-state index in [0.29, 0.717) is 5.56 Å². The molecule has 2 N–H and O–H groups in total. The molecule has 0 fully saturated rings. The number of rotatable bonds is 4. The molecule has 4 heteroatoms. The van der Waals surface area contributed by atoms with Gasteiger partial charge in [-0.2, -0.15) is 5.26 Å². The average Bonchev–Trinajstić information content (AvgIpc) is 2.53. The van der Waals surface area contributed by atoms with Crippen molar-refractivity contribution < 1.29 is 4.74 Å². The fraction of sp³-hybridized carbons (Fsp3) is 0.235. The fourth-order valence-corrected chi connectivity index (χ4v) is 2.38. The van der Waals surface area contributed by atoms with E-state index in [-0.39, 0.29) is 6.04 Å². The SMILES string of the molecule is COc1cccc(N(C)c2cccc(C#N)c2)c1C(C)N. The van der Waals surface area contributed by atoms with Gasteiger partial charge in [0.25, 0.3) is 0 Å². The average molecular weight is 281 g/mol. The number of nitriles is 1. The summed E-state index contributed by atoms with van der Waals surface area (Å²) in [6.45, 7) is 1.93. The number of hydrogen-bond acceptors (Lipinski definition) is 4. The van der Waals surface area contributed by atoms with Gasteiger partial charge < -0.3 is 15.4 Å². The predicted octanol–water partition coefficient (Wildman–Crippen LogP) is 3.35. The summed E-state index contributed by atoms with van der Waals surface area (Å²) in [6, 6.07) is 15.3. The standard InChI is InChI=1S/C17H19N3O/c1-12(19)17-15(8-5-9-16(17)21-3)20(2)14-7-4-6-13(10-14)11-18/h4-10,12H,19H2,1-3H3. The fourth-order valence-electron chi connectivity index (χ4n) is 2.38. The smallest absolute Gasteiger partial charge is 0.125 e. The van der Waals surface area contributed by atoms with E-state index < -0.39 is 0 Å². The van der Waals surface area contributed by atoms with Crippen molar-refractivity contribution in [3.05, 3.63) is 53.6 Å². The molecule has 1 unspecified atom stereocenters. The second-order valence-corrected chi connectivity index (χ2v) is 4.90. The molecule has 21 heavy (non-hydrogen) atoms. The maximum Gasteiger partial charge on any atom is 0.125 e. The lowest BCUT2D eigenvalue weighted by Crippen LogP contribution is -2.16. The summed E-state index contributed by atoms with van der Waals surface area (Å²) in [5, 5.41) is 9.03. The van der Waals surface area contributed by atoms with Gasteiger partial charge in [0.15, 0.2) is 0 Å². The molecule has 108 valence electrons. The molecule has 2 aromatic rings. The van der Waals surface area contributed by atoms with Crippen LogP contribution in [-0.4, -0.2) is 14.2 Å². The van der Waals surface area contributed by atoms with Crippen LogP contribution >= 0.6 is 0 Å². The van der Waals surface area contributed by atoms with E-state index in [1.807, 2.05) is 55.3 Å². The van der Waals surface area contributed by atoms with Crippen LogP contribution < -0.4 is 15.4 Å². The van der Waals surface area contributed by atoms with Crippen molar-refractivity contribution in [1.82, 2.24) is 0 Å². The molecule has 2 aromatic carbocycles. The first kappa shape index (κ1) is 14.9. The summed E-state index contributed by atoms with van der Waals surface area (Å²) in [5.41, 5.74) is 9.59. The molecule has 0 amide bonds. The summed E-state index contributed by atoms with van der Waals surface area (Å²) >= 11 is 0. The van der Waals surface area contributed by atoms with Crippen molar-refractivity contribution in [2.45, 2.75) is 13.0 Å². The first-order chi connectivity index (χ1) is 10.1. The highest BCUT2D eigenvalue weighted by atomic mass is 16.5. The van der Waals surface area contributed by atoms with Gasteiger partial charge in [-0.05, 0) is 37.3 Å². The van der Waals surface area contributed by atoms with E-state index in [1.165, 1.54) is 0 Å². The van der Waals surface area contributed by atoms with Crippen LogP contribution in [0.5, 0.6) is 5.75 Å². The van der Waals surface area contributed by atoms with Crippen molar-refractivity contribution in [1.29, 1.82) is 5.26 Å². The first-order valence-corrected chi connectivity index (χ1v) is 6.75. The monoisotopic (exact) mass is 281 g/mol. The maximum atomic E-state index is 9.03. The van der Waals surface area contributed by atoms with Crippen LogP contribution in [0.2, 0.25) is 0 Å². The van der Waals surface area contributed by atoms with E-state index in [2.05, 4.69) is 6.07 Å². The molecule has 0 bridgehead atoms. The Balaban J connectivity index is 2.52. The van der Waals surface area contributed by atoms with E-state index in [1.54, 1.807) is 13.2 Å². The highest BCUT2D eigenvalue weighted by Gasteiger charge is 2.17. The van der Waals surface area contributed by atoms with Gasteiger partial charge in [0.2, 0.25) is 0 Å². The summed E-state index contributed by atoms with van der Waals surface area (Å²) in [5.74, 6) is 0.769. The largest absolute Gasteiger partial charge is 0.496 e. The van der Waals surface area contributed by atoms with Gasteiger partial charge >= 0.3 is 0 Å². The molecule has 0 aliphatic rings. The molecule has 0 aromatic heterocycles. The number of anilines is 2. The molecule has 2 rings (SSSR count). The number of benzene rings is 2. The highest BCUT2D eigenvalue weighted by Crippen LogP contribution is 2.36. The van der Waals surface area contributed by atoms with Crippen LogP contribution in [0.1, 0.15) is 24.1 Å². The zero-order chi connectivity index (χ0) is 15.4. The summed E-state index contributed by atoms with van der Waals surface area (Å²) in [4.78, 5) is 2.02. The molecule has 0 saturated heterocycles. The van der Waals surface area contributed by atoms with Crippen molar-refractivity contribution >= 4 is 11.4 Å². The summed E-state index contributed by atoms with van der Waals surface area (Å²) in [6.07, 6.45) is 0. The lowest BCUT2D eigenvalue weighted by molar-refractivity contribution is 0.407. The Morgan fingerprint density at radius 2 is 1.95 bits per heavy atom. The number of nitrogens with zero attached hydrogens (tertiary/aromatic N) is 2. The van der Waals surface area contributed by atoms with Crippen LogP contribution in [0.15, 0.2) is 42.5 Å². The van der Waals surface area contributed by atoms with Gasteiger partial charge in [0.05, 0.1) is 18.7 Å². The van der Waals surface area contributed by atoms with Crippen LogP contribution in [-0.2, 0) is 0 Å². The summed E-state index contributed by atoms with van der Waals surface area (Å²) < 4.78 is 5.42. The Kier molecular flexibility index (Phi) is 4.46. The summed E-state index contributed by atoms with van der Waals surface area (Å²) in [7, 11) is 3.60. The Morgan fingerprint density at radius 3 is 2.57 bits per heavy atom. The zero-order valence-electron chi connectivity index (χ0n) is 12.5. The quantitative estimate of drug-likeness (QED) is 0.933. The van der Waals surface area contributed by atoms with Gasteiger partial charge in [-0.3, -0.25) is 0 Å². The number of ether oxygens (including phenoxy) is 1. The van der Waals surface area contributed by atoms with Crippen LogP contribution in [0.4, 0.5) is 11.4 Å². The van der Waals surface area contributed by atoms with E-state index in [4.69, 9.17) is 15.7 Å². The third kappa shape index (κ3) is 2.99. The number of hydrogen-bond donors (Lipinski definition) is 1. The minimum Gasteiger partial charge on any atom is -0.496 e. The van der Waals surface area contributed by atoms with Gasteiger partial charge in [0.1, 0.15) is 5.75 Å². The second-order valence-electron chi connectivity index (χ2n) is 4.90. The molecule has 1 atom stereocenters. The zero-order valence-corrected chi connectivity index (χ0v) is 12.5. The molecule has 0 aliphatic heterocycles. The topological polar surface area (TPSA) is 62.3 Å².